The second-order valence-electron chi connectivity index (χ2n) is 6.48. The summed E-state index contributed by atoms with van der Waals surface area (Å²) in [6.07, 6.45) is 0. The number of amides is 3. The van der Waals surface area contributed by atoms with Crippen molar-refractivity contribution in [2.75, 3.05) is 51.0 Å². The number of benzene rings is 2. The van der Waals surface area contributed by atoms with Crippen molar-refractivity contribution >= 4 is 23.3 Å². The van der Waals surface area contributed by atoms with E-state index in [1.54, 1.807) is 24.3 Å². The molecule has 0 heterocycles. The van der Waals surface area contributed by atoms with Crippen LogP contribution in [0.25, 0.3) is 0 Å². The molecule has 0 saturated carbocycles. The van der Waals surface area contributed by atoms with E-state index < -0.39 is 6.03 Å². The van der Waals surface area contributed by atoms with E-state index in [9.17, 15) is 9.59 Å². The molecule has 0 atom stereocenters. The third-order valence-electron chi connectivity index (χ3n) is 4.63. The zero-order valence-electron chi connectivity index (χ0n) is 18.0. The molecule has 2 rings (SSSR count). The third-order valence-corrected chi connectivity index (χ3v) is 4.63. The minimum atomic E-state index is -0.415. The van der Waals surface area contributed by atoms with Gasteiger partial charge < -0.3 is 30.3 Å². The second-order valence-corrected chi connectivity index (χ2v) is 6.48. The van der Waals surface area contributed by atoms with Crippen LogP contribution in [0.3, 0.4) is 0 Å². The van der Waals surface area contributed by atoms with Crippen molar-refractivity contribution in [1.82, 2.24) is 10.2 Å². The van der Waals surface area contributed by atoms with E-state index in [-0.39, 0.29) is 11.5 Å². The predicted octanol–water partition coefficient (Wildman–Crippen LogP) is 3.42. The summed E-state index contributed by atoms with van der Waals surface area (Å²) in [6, 6.07) is 11.9. The molecule has 2 aromatic carbocycles. The third kappa shape index (κ3) is 6.38. The number of rotatable bonds is 10. The van der Waals surface area contributed by atoms with Gasteiger partial charge in [0.2, 0.25) is 0 Å². The van der Waals surface area contributed by atoms with E-state index in [2.05, 4.69) is 34.7 Å². The molecule has 3 amide bonds. The molecule has 0 aliphatic rings. The summed E-state index contributed by atoms with van der Waals surface area (Å²) in [4.78, 5) is 27.2. The quantitative estimate of drug-likeness (QED) is 0.554. The minimum Gasteiger partial charge on any atom is -0.496 e. The molecule has 0 aromatic heterocycles. The normalized spacial score (nSPS) is 10.4. The number of hydrogen-bond donors (Lipinski definition) is 3. The van der Waals surface area contributed by atoms with Gasteiger partial charge in [-0.25, -0.2) is 4.79 Å². The van der Waals surface area contributed by atoms with Crippen LogP contribution in [0, 0.1) is 0 Å². The zero-order valence-corrected chi connectivity index (χ0v) is 18.0. The summed E-state index contributed by atoms with van der Waals surface area (Å²) in [5, 5.41) is 8.37. The van der Waals surface area contributed by atoms with Crippen molar-refractivity contribution in [3.63, 3.8) is 0 Å². The Hall–Kier alpha value is -3.26. The van der Waals surface area contributed by atoms with Crippen LogP contribution < -0.4 is 25.4 Å². The number of ether oxygens (including phenoxy) is 2. The van der Waals surface area contributed by atoms with Gasteiger partial charge in [0, 0.05) is 36.6 Å². The minimum absolute atomic E-state index is 0.286. The van der Waals surface area contributed by atoms with Crippen LogP contribution >= 0.6 is 0 Å². The lowest BCUT2D eigenvalue weighted by atomic mass is 10.1. The van der Waals surface area contributed by atoms with Crippen molar-refractivity contribution in [2.24, 2.45) is 0 Å². The van der Waals surface area contributed by atoms with Gasteiger partial charge in [-0.15, -0.1) is 0 Å². The first-order chi connectivity index (χ1) is 14.5. The Balaban J connectivity index is 2.12. The molecule has 2 aromatic rings. The Morgan fingerprint density at radius 1 is 0.900 bits per heavy atom. The van der Waals surface area contributed by atoms with Crippen molar-refractivity contribution < 1.29 is 19.1 Å². The van der Waals surface area contributed by atoms with Crippen LogP contribution in [0.5, 0.6) is 11.5 Å². The van der Waals surface area contributed by atoms with Gasteiger partial charge in [0.25, 0.3) is 5.91 Å². The standard InChI is InChI=1S/C22H30N4O4/c1-5-26(6-2)13-12-23-21(27)20-18(29-3)14-17(15-19(20)30-4)25-22(28)24-16-10-8-7-9-11-16/h7-11,14-15H,5-6,12-13H2,1-4H3,(H,23,27)(H2,24,25,28). The molecule has 0 bridgehead atoms. The molecule has 8 heteroatoms. The van der Waals surface area contributed by atoms with Gasteiger partial charge in [-0.2, -0.15) is 0 Å². The van der Waals surface area contributed by atoms with Gasteiger partial charge >= 0.3 is 6.03 Å². The Morgan fingerprint density at radius 2 is 1.47 bits per heavy atom. The number of likely N-dealkylation sites (N-methyl/N-ethyl adjacent to an activating group) is 1. The van der Waals surface area contributed by atoms with Gasteiger partial charge in [-0.1, -0.05) is 32.0 Å². The first kappa shape index (κ1) is 23.0. The fraction of sp³-hybridized carbons (Fsp3) is 0.364. The number of nitrogens with zero attached hydrogens (tertiary/aromatic N) is 1. The lowest BCUT2D eigenvalue weighted by Crippen LogP contribution is -2.35. The number of para-hydroxylation sites is 1. The van der Waals surface area contributed by atoms with Gasteiger partial charge in [-0.3, -0.25) is 4.79 Å². The average Bonchev–Trinajstić information content (AvgIpc) is 2.76. The van der Waals surface area contributed by atoms with Gasteiger partial charge in [0.05, 0.1) is 14.2 Å². The molecule has 0 radical (unpaired) electrons. The maximum atomic E-state index is 12.7. The number of methoxy groups -OCH3 is 2. The Bertz CT molecular complexity index is 813. The van der Waals surface area contributed by atoms with Gasteiger partial charge in [0.15, 0.2) is 0 Å². The highest BCUT2D eigenvalue weighted by Gasteiger charge is 2.20. The fourth-order valence-electron chi connectivity index (χ4n) is 2.98. The molecular formula is C22H30N4O4. The molecule has 8 nitrogen and oxygen atoms in total. The van der Waals surface area contributed by atoms with Gasteiger partial charge in [0.1, 0.15) is 17.1 Å². The molecule has 3 N–H and O–H groups in total. The number of nitrogens with one attached hydrogen (secondary N) is 3. The topological polar surface area (TPSA) is 91.9 Å². The summed E-state index contributed by atoms with van der Waals surface area (Å²) in [5.74, 6) is 0.325. The predicted molar refractivity (Wildman–Crippen MR) is 119 cm³/mol. The van der Waals surface area contributed by atoms with Crippen LogP contribution in [0.2, 0.25) is 0 Å². The summed E-state index contributed by atoms with van der Waals surface area (Å²) in [7, 11) is 2.94. The number of anilines is 2. The van der Waals surface area contributed by atoms with Crippen molar-refractivity contribution in [1.29, 1.82) is 0 Å². The molecule has 0 aliphatic heterocycles. The first-order valence-electron chi connectivity index (χ1n) is 9.91. The van der Waals surface area contributed by atoms with E-state index in [1.165, 1.54) is 14.2 Å². The molecule has 0 fully saturated rings. The summed E-state index contributed by atoms with van der Waals surface area (Å²) >= 11 is 0. The van der Waals surface area contributed by atoms with E-state index in [0.717, 1.165) is 19.6 Å². The number of carbonyl (C=O) groups excluding carboxylic acids is 2. The Morgan fingerprint density at radius 3 is 2.00 bits per heavy atom. The first-order valence-corrected chi connectivity index (χ1v) is 9.91. The van der Waals surface area contributed by atoms with E-state index in [1.807, 2.05) is 18.2 Å². The molecule has 0 saturated heterocycles. The Labute approximate surface area is 177 Å². The van der Waals surface area contributed by atoms with Crippen LogP contribution in [-0.4, -0.2) is 57.2 Å². The van der Waals surface area contributed by atoms with Crippen molar-refractivity contribution in [3.05, 3.63) is 48.0 Å². The summed E-state index contributed by atoms with van der Waals surface area (Å²) < 4.78 is 10.8. The SMILES string of the molecule is CCN(CC)CCNC(=O)c1c(OC)cc(NC(=O)Nc2ccccc2)cc1OC. The molecular weight excluding hydrogens is 384 g/mol. The molecule has 0 aliphatic carbocycles. The number of hydrogen-bond acceptors (Lipinski definition) is 5. The maximum absolute atomic E-state index is 12.7. The largest absolute Gasteiger partial charge is 0.496 e. The fourth-order valence-corrected chi connectivity index (χ4v) is 2.98. The summed E-state index contributed by atoms with van der Waals surface area (Å²) in [6.45, 7) is 7.26. The van der Waals surface area contributed by atoms with E-state index >= 15 is 0 Å². The van der Waals surface area contributed by atoms with E-state index in [0.29, 0.717) is 29.4 Å². The number of carbonyl (C=O) groups is 2. The number of urea groups is 1. The van der Waals surface area contributed by atoms with Crippen molar-refractivity contribution in [2.45, 2.75) is 13.8 Å². The highest BCUT2D eigenvalue weighted by Crippen LogP contribution is 2.33. The monoisotopic (exact) mass is 414 g/mol. The van der Waals surface area contributed by atoms with Crippen LogP contribution in [0.4, 0.5) is 16.2 Å². The van der Waals surface area contributed by atoms with Crippen LogP contribution in [0.15, 0.2) is 42.5 Å². The smallest absolute Gasteiger partial charge is 0.323 e. The lowest BCUT2D eigenvalue weighted by molar-refractivity contribution is 0.0942. The summed E-state index contributed by atoms with van der Waals surface area (Å²) in [5.41, 5.74) is 1.39. The molecule has 0 unspecified atom stereocenters. The molecule has 162 valence electrons. The second kappa shape index (κ2) is 11.7. The van der Waals surface area contributed by atoms with Gasteiger partial charge in [-0.05, 0) is 25.2 Å². The Kier molecular flexibility index (Phi) is 8.96. The van der Waals surface area contributed by atoms with Crippen molar-refractivity contribution in [3.8, 4) is 11.5 Å². The van der Waals surface area contributed by atoms with Crippen LogP contribution in [0.1, 0.15) is 24.2 Å². The highest BCUT2D eigenvalue weighted by atomic mass is 16.5. The average molecular weight is 415 g/mol. The van der Waals surface area contributed by atoms with Crippen LogP contribution in [-0.2, 0) is 0 Å². The molecule has 0 spiro atoms. The maximum Gasteiger partial charge on any atom is 0.323 e. The zero-order chi connectivity index (χ0) is 21.9. The molecule has 30 heavy (non-hydrogen) atoms. The lowest BCUT2D eigenvalue weighted by Gasteiger charge is -2.19. The van der Waals surface area contributed by atoms with E-state index in [4.69, 9.17) is 9.47 Å². The highest BCUT2D eigenvalue weighted by molar-refractivity contribution is 6.03.